The Morgan fingerprint density at radius 2 is 1.84 bits per heavy atom. The van der Waals surface area contributed by atoms with E-state index in [2.05, 4.69) is 47.9 Å². The molecule has 2 aliphatic heterocycles. The second-order valence-electron chi connectivity index (χ2n) is 8.00. The molecular weight excluding hydrogens is 406 g/mol. The highest BCUT2D eigenvalue weighted by Gasteiger charge is 2.14. The molecular formula is C25H33N3O4. The first kappa shape index (κ1) is 22.4. The van der Waals surface area contributed by atoms with Gasteiger partial charge in [0, 0.05) is 26.3 Å². The normalized spacial score (nSPS) is 16.2. The molecule has 0 amide bonds. The van der Waals surface area contributed by atoms with Crippen LogP contribution >= 0.6 is 0 Å². The standard InChI is InChI=1S/C25H33N3O4/c1-2-26-25(27-11-8-19-6-7-23-24(15-19)32-18-31-23)28-16-20-4-3-5-21(14-20)17-30-22-9-12-29-13-10-22/h3-7,14-15,22H,2,8-13,16-18H2,1H3,(H2,26,27,28). The van der Waals surface area contributed by atoms with Gasteiger partial charge in [-0.25, -0.2) is 4.99 Å². The maximum Gasteiger partial charge on any atom is 0.231 e. The van der Waals surface area contributed by atoms with Crippen LogP contribution in [0.5, 0.6) is 11.5 Å². The summed E-state index contributed by atoms with van der Waals surface area (Å²) < 4.78 is 22.3. The van der Waals surface area contributed by atoms with Gasteiger partial charge in [-0.3, -0.25) is 0 Å². The number of nitrogens with zero attached hydrogens (tertiary/aromatic N) is 1. The molecule has 0 unspecified atom stereocenters. The molecule has 2 heterocycles. The molecule has 32 heavy (non-hydrogen) atoms. The summed E-state index contributed by atoms with van der Waals surface area (Å²) in [5.74, 6) is 2.46. The monoisotopic (exact) mass is 439 g/mol. The first-order chi connectivity index (χ1) is 15.8. The Morgan fingerprint density at radius 3 is 2.72 bits per heavy atom. The van der Waals surface area contributed by atoms with Crippen molar-refractivity contribution in [2.45, 2.75) is 45.4 Å². The number of rotatable bonds is 9. The quantitative estimate of drug-likeness (QED) is 0.461. The van der Waals surface area contributed by atoms with Gasteiger partial charge in [-0.1, -0.05) is 30.3 Å². The van der Waals surface area contributed by atoms with Crippen LogP contribution < -0.4 is 20.1 Å². The minimum atomic E-state index is 0.303. The molecule has 0 saturated carbocycles. The summed E-state index contributed by atoms with van der Waals surface area (Å²) in [5.41, 5.74) is 3.56. The lowest BCUT2D eigenvalue weighted by atomic mass is 10.1. The second kappa shape index (κ2) is 11.7. The van der Waals surface area contributed by atoms with Gasteiger partial charge in [0.25, 0.3) is 0 Å². The van der Waals surface area contributed by atoms with Crippen LogP contribution in [-0.2, 0) is 29.0 Å². The van der Waals surface area contributed by atoms with Crippen LogP contribution in [0.3, 0.4) is 0 Å². The van der Waals surface area contributed by atoms with Crippen LogP contribution in [0.15, 0.2) is 47.5 Å². The number of aliphatic imine (C=N–C) groups is 1. The van der Waals surface area contributed by atoms with Gasteiger partial charge < -0.3 is 29.6 Å². The van der Waals surface area contributed by atoms with E-state index >= 15 is 0 Å². The molecule has 4 rings (SSSR count). The first-order valence-corrected chi connectivity index (χ1v) is 11.5. The molecule has 2 aromatic carbocycles. The van der Waals surface area contributed by atoms with E-state index in [0.717, 1.165) is 63.0 Å². The molecule has 7 heteroatoms. The average molecular weight is 440 g/mol. The summed E-state index contributed by atoms with van der Waals surface area (Å²) >= 11 is 0. The Balaban J connectivity index is 1.26. The molecule has 1 fully saturated rings. The van der Waals surface area contributed by atoms with Crippen molar-refractivity contribution in [1.82, 2.24) is 10.6 Å². The van der Waals surface area contributed by atoms with Crippen LogP contribution in [-0.4, -0.2) is 45.2 Å². The molecule has 7 nitrogen and oxygen atoms in total. The Labute approximate surface area is 190 Å². The lowest BCUT2D eigenvalue weighted by Crippen LogP contribution is -2.38. The molecule has 0 aliphatic carbocycles. The van der Waals surface area contributed by atoms with Crippen LogP contribution in [0, 0.1) is 0 Å². The maximum absolute atomic E-state index is 6.05. The molecule has 2 aliphatic rings. The number of hydrogen-bond donors (Lipinski definition) is 2. The van der Waals surface area contributed by atoms with E-state index in [-0.39, 0.29) is 0 Å². The van der Waals surface area contributed by atoms with E-state index in [1.165, 1.54) is 16.7 Å². The minimum Gasteiger partial charge on any atom is -0.454 e. The van der Waals surface area contributed by atoms with Crippen molar-refractivity contribution in [2.24, 2.45) is 4.99 Å². The van der Waals surface area contributed by atoms with Crippen molar-refractivity contribution in [1.29, 1.82) is 0 Å². The lowest BCUT2D eigenvalue weighted by molar-refractivity contribution is -0.0390. The minimum absolute atomic E-state index is 0.303. The topological polar surface area (TPSA) is 73.3 Å². The van der Waals surface area contributed by atoms with Crippen molar-refractivity contribution in [3.8, 4) is 11.5 Å². The van der Waals surface area contributed by atoms with E-state index in [4.69, 9.17) is 23.9 Å². The van der Waals surface area contributed by atoms with Crippen LogP contribution in [0.4, 0.5) is 0 Å². The van der Waals surface area contributed by atoms with Gasteiger partial charge in [0.05, 0.1) is 19.3 Å². The van der Waals surface area contributed by atoms with E-state index in [9.17, 15) is 0 Å². The number of benzene rings is 2. The highest BCUT2D eigenvalue weighted by atomic mass is 16.7. The van der Waals surface area contributed by atoms with Crippen molar-refractivity contribution in [3.63, 3.8) is 0 Å². The van der Waals surface area contributed by atoms with Gasteiger partial charge in [0.15, 0.2) is 17.5 Å². The molecule has 2 aromatic rings. The zero-order valence-electron chi connectivity index (χ0n) is 18.8. The molecule has 0 aromatic heterocycles. The number of ether oxygens (including phenoxy) is 4. The number of nitrogens with one attached hydrogen (secondary N) is 2. The molecule has 0 atom stereocenters. The van der Waals surface area contributed by atoms with Crippen molar-refractivity contribution >= 4 is 5.96 Å². The SMILES string of the molecule is CCNC(=NCc1cccc(COC2CCOCC2)c1)NCCc1ccc2c(c1)OCO2. The third kappa shape index (κ3) is 6.61. The van der Waals surface area contributed by atoms with Gasteiger partial charge >= 0.3 is 0 Å². The van der Waals surface area contributed by atoms with E-state index in [0.29, 0.717) is 26.0 Å². The maximum atomic E-state index is 6.05. The fourth-order valence-electron chi connectivity index (χ4n) is 3.81. The predicted molar refractivity (Wildman–Crippen MR) is 124 cm³/mol. The molecule has 0 spiro atoms. The highest BCUT2D eigenvalue weighted by Crippen LogP contribution is 2.32. The summed E-state index contributed by atoms with van der Waals surface area (Å²) in [4.78, 5) is 4.76. The fraction of sp³-hybridized carbons (Fsp3) is 0.480. The fourth-order valence-corrected chi connectivity index (χ4v) is 3.81. The van der Waals surface area contributed by atoms with Gasteiger partial charge in [0.2, 0.25) is 6.79 Å². The number of guanidine groups is 1. The summed E-state index contributed by atoms with van der Waals surface area (Å²) in [5, 5.41) is 6.74. The van der Waals surface area contributed by atoms with E-state index in [1.54, 1.807) is 0 Å². The molecule has 1 saturated heterocycles. The number of fused-ring (bicyclic) bond motifs is 1. The van der Waals surface area contributed by atoms with Gasteiger partial charge in [0.1, 0.15) is 0 Å². The molecule has 172 valence electrons. The van der Waals surface area contributed by atoms with Crippen LogP contribution in [0.1, 0.15) is 36.5 Å². The Kier molecular flexibility index (Phi) is 8.23. The van der Waals surface area contributed by atoms with Gasteiger partial charge in [-0.05, 0) is 55.0 Å². The molecule has 0 bridgehead atoms. The van der Waals surface area contributed by atoms with Crippen molar-refractivity contribution in [3.05, 3.63) is 59.2 Å². The first-order valence-electron chi connectivity index (χ1n) is 11.5. The third-order valence-electron chi connectivity index (χ3n) is 5.55. The summed E-state index contributed by atoms with van der Waals surface area (Å²) in [6.07, 6.45) is 3.14. The van der Waals surface area contributed by atoms with Gasteiger partial charge in [-0.2, -0.15) is 0 Å². The summed E-state index contributed by atoms with van der Waals surface area (Å²) in [7, 11) is 0. The lowest BCUT2D eigenvalue weighted by Gasteiger charge is -2.22. The van der Waals surface area contributed by atoms with Gasteiger partial charge in [-0.15, -0.1) is 0 Å². The second-order valence-corrected chi connectivity index (χ2v) is 8.00. The van der Waals surface area contributed by atoms with E-state index in [1.807, 2.05) is 12.1 Å². The van der Waals surface area contributed by atoms with Crippen LogP contribution in [0.2, 0.25) is 0 Å². The Hall–Kier alpha value is -2.77. The van der Waals surface area contributed by atoms with E-state index < -0.39 is 0 Å². The zero-order valence-corrected chi connectivity index (χ0v) is 18.8. The summed E-state index contributed by atoms with van der Waals surface area (Å²) in [6.45, 7) is 6.82. The largest absolute Gasteiger partial charge is 0.454 e. The average Bonchev–Trinajstić information content (AvgIpc) is 3.30. The highest BCUT2D eigenvalue weighted by molar-refractivity contribution is 5.79. The Morgan fingerprint density at radius 1 is 1.00 bits per heavy atom. The predicted octanol–water partition coefficient (Wildman–Crippen LogP) is 3.41. The van der Waals surface area contributed by atoms with Crippen molar-refractivity contribution in [2.75, 3.05) is 33.1 Å². The zero-order chi connectivity index (χ0) is 22.0. The van der Waals surface area contributed by atoms with Crippen molar-refractivity contribution < 1.29 is 18.9 Å². The molecule has 0 radical (unpaired) electrons. The summed E-state index contributed by atoms with van der Waals surface area (Å²) in [6, 6.07) is 14.6. The molecule has 2 N–H and O–H groups in total. The number of hydrogen-bond acceptors (Lipinski definition) is 5. The Bertz CT molecular complexity index is 897. The van der Waals surface area contributed by atoms with Crippen LogP contribution in [0.25, 0.3) is 0 Å². The smallest absolute Gasteiger partial charge is 0.231 e. The third-order valence-corrected chi connectivity index (χ3v) is 5.55.